The highest BCUT2D eigenvalue weighted by Crippen LogP contribution is 2.60. The molecule has 1 nitrogen and oxygen atoms in total. The molecule has 0 aromatic heterocycles. The summed E-state index contributed by atoms with van der Waals surface area (Å²) in [5.41, 5.74) is 1.09. The van der Waals surface area contributed by atoms with E-state index in [0.717, 1.165) is 18.8 Å². The van der Waals surface area contributed by atoms with Gasteiger partial charge in [-0.15, -0.1) is 0 Å². The summed E-state index contributed by atoms with van der Waals surface area (Å²) in [4.78, 5) is 0. The topological polar surface area (TPSA) is 20.2 Å². The van der Waals surface area contributed by atoms with E-state index in [0.29, 0.717) is 11.8 Å². The molecule has 2 saturated carbocycles. The van der Waals surface area contributed by atoms with Crippen LogP contribution in [0.15, 0.2) is 30.3 Å². The number of hydrogen-bond acceptors (Lipinski definition) is 1. The van der Waals surface area contributed by atoms with Crippen molar-refractivity contribution >= 4 is 0 Å². The van der Waals surface area contributed by atoms with Crippen molar-refractivity contribution in [1.29, 1.82) is 0 Å². The van der Waals surface area contributed by atoms with Crippen LogP contribution in [0, 0.1) is 11.8 Å². The van der Waals surface area contributed by atoms with Crippen molar-refractivity contribution in [3.05, 3.63) is 35.9 Å². The summed E-state index contributed by atoms with van der Waals surface area (Å²) < 4.78 is 0. The van der Waals surface area contributed by atoms with Gasteiger partial charge in [0.05, 0.1) is 5.60 Å². The first-order chi connectivity index (χ1) is 7.19. The molecule has 0 heterocycles. The van der Waals surface area contributed by atoms with Crippen molar-refractivity contribution in [1.82, 2.24) is 0 Å². The number of benzene rings is 1. The Morgan fingerprint density at radius 3 is 2.47 bits per heavy atom. The van der Waals surface area contributed by atoms with Gasteiger partial charge in [-0.3, -0.25) is 0 Å². The largest absolute Gasteiger partial charge is 0.390 e. The van der Waals surface area contributed by atoms with Crippen LogP contribution in [-0.2, 0) is 0 Å². The lowest BCUT2D eigenvalue weighted by molar-refractivity contribution is -0.0869. The van der Waals surface area contributed by atoms with Gasteiger partial charge in [-0.05, 0) is 42.6 Å². The van der Waals surface area contributed by atoms with Gasteiger partial charge >= 0.3 is 0 Å². The van der Waals surface area contributed by atoms with E-state index < -0.39 is 0 Å². The number of hydrogen-bond donors (Lipinski definition) is 1. The van der Waals surface area contributed by atoms with Gasteiger partial charge in [0.2, 0.25) is 0 Å². The quantitative estimate of drug-likeness (QED) is 0.781. The van der Waals surface area contributed by atoms with Crippen molar-refractivity contribution in [2.45, 2.75) is 37.7 Å². The second kappa shape index (κ2) is 3.08. The van der Waals surface area contributed by atoms with Crippen LogP contribution in [0.3, 0.4) is 0 Å². The monoisotopic (exact) mass is 202 g/mol. The normalized spacial score (nSPS) is 43.5. The summed E-state index contributed by atoms with van der Waals surface area (Å²) in [6.45, 7) is 2.23. The minimum atomic E-state index is -0.320. The minimum absolute atomic E-state index is 0.320. The predicted molar refractivity (Wildman–Crippen MR) is 60.6 cm³/mol. The Bertz CT molecular complexity index is 351. The molecule has 0 aliphatic heterocycles. The molecular formula is C14H18O. The van der Waals surface area contributed by atoms with Gasteiger partial charge in [0.15, 0.2) is 0 Å². The standard InChI is InChI=1S/C14H18O/c1-10-8-14(15,9-10)13-7-12(13)11-5-3-2-4-6-11/h2-6,10,12-13,15H,7-9H2,1H3. The lowest BCUT2D eigenvalue weighted by atomic mass is 9.68. The maximum absolute atomic E-state index is 10.4. The van der Waals surface area contributed by atoms with Gasteiger partial charge in [0, 0.05) is 0 Å². The van der Waals surface area contributed by atoms with Crippen LogP contribution in [0.5, 0.6) is 0 Å². The summed E-state index contributed by atoms with van der Waals surface area (Å²) in [6.07, 6.45) is 3.22. The van der Waals surface area contributed by atoms with E-state index in [4.69, 9.17) is 0 Å². The third kappa shape index (κ3) is 1.50. The van der Waals surface area contributed by atoms with Gasteiger partial charge in [-0.2, -0.15) is 0 Å². The lowest BCUT2D eigenvalue weighted by Crippen LogP contribution is -2.45. The summed E-state index contributed by atoms with van der Waals surface area (Å²) in [5.74, 6) is 1.90. The van der Waals surface area contributed by atoms with Crippen LogP contribution >= 0.6 is 0 Å². The number of rotatable bonds is 2. The molecule has 1 aromatic carbocycles. The predicted octanol–water partition coefficient (Wildman–Crippen LogP) is 2.95. The zero-order chi connectivity index (χ0) is 10.5. The van der Waals surface area contributed by atoms with Crippen LogP contribution in [0.4, 0.5) is 0 Å². The molecule has 0 radical (unpaired) electrons. The molecule has 2 unspecified atom stereocenters. The van der Waals surface area contributed by atoms with E-state index in [2.05, 4.69) is 37.3 Å². The van der Waals surface area contributed by atoms with E-state index in [-0.39, 0.29) is 5.60 Å². The van der Waals surface area contributed by atoms with Crippen molar-refractivity contribution in [3.63, 3.8) is 0 Å². The zero-order valence-corrected chi connectivity index (χ0v) is 9.19. The maximum atomic E-state index is 10.4. The van der Waals surface area contributed by atoms with Crippen molar-refractivity contribution in [2.24, 2.45) is 11.8 Å². The lowest BCUT2D eigenvalue weighted by Gasteiger charge is -2.43. The Hall–Kier alpha value is -0.820. The average Bonchev–Trinajstić information content (AvgIpc) is 2.97. The van der Waals surface area contributed by atoms with E-state index in [1.54, 1.807) is 0 Å². The van der Waals surface area contributed by atoms with Crippen LogP contribution in [0.1, 0.15) is 37.7 Å². The van der Waals surface area contributed by atoms with Crippen LogP contribution in [0.25, 0.3) is 0 Å². The molecular weight excluding hydrogens is 184 g/mol. The summed E-state index contributed by atoms with van der Waals surface area (Å²) in [5, 5.41) is 10.4. The molecule has 1 heteroatoms. The Labute approximate surface area is 91.1 Å². The third-order valence-corrected chi connectivity index (χ3v) is 4.11. The van der Waals surface area contributed by atoms with Gasteiger partial charge in [0.25, 0.3) is 0 Å². The molecule has 2 atom stereocenters. The van der Waals surface area contributed by atoms with Crippen molar-refractivity contribution < 1.29 is 5.11 Å². The second-order valence-corrected chi connectivity index (χ2v) is 5.48. The Kier molecular flexibility index (Phi) is 1.93. The van der Waals surface area contributed by atoms with Crippen LogP contribution in [-0.4, -0.2) is 10.7 Å². The first-order valence-electron chi connectivity index (χ1n) is 5.96. The zero-order valence-electron chi connectivity index (χ0n) is 9.19. The fraction of sp³-hybridized carbons (Fsp3) is 0.571. The Morgan fingerprint density at radius 2 is 1.87 bits per heavy atom. The highest BCUT2D eigenvalue weighted by atomic mass is 16.3. The molecule has 1 aromatic rings. The molecule has 0 spiro atoms. The molecule has 80 valence electrons. The van der Waals surface area contributed by atoms with Crippen LogP contribution < -0.4 is 0 Å². The molecule has 1 N–H and O–H groups in total. The van der Waals surface area contributed by atoms with E-state index in [1.165, 1.54) is 12.0 Å². The summed E-state index contributed by atoms with van der Waals surface area (Å²) in [7, 11) is 0. The van der Waals surface area contributed by atoms with Crippen molar-refractivity contribution in [2.75, 3.05) is 0 Å². The Balaban J connectivity index is 1.70. The molecule has 2 aliphatic rings. The first-order valence-corrected chi connectivity index (χ1v) is 5.96. The fourth-order valence-corrected chi connectivity index (χ4v) is 3.31. The summed E-state index contributed by atoms with van der Waals surface area (Å²) in [6, 6.07) is 10.6. The SMILES string of the molecule is CC1CC(O)(C2CC2c2ccccc2)C1. The molecule has 0 saturated heterocycles. The van der Waals surface area contributed by atoms with E-state index >= 15 is 0 Å². The molecule has 0 bridgehead atoms. The molecule has 3 rings (SSSR count). The summed E-state index contributed by atoms with van der Waals surface area (Å²) >= 11 is 0. The van der Waals surface area contributed by atoms with E-state index in [9.17, 15) is 5.11 Å². The highest BCUT2D eigenvalue weighted by Gasteiger charge is 2.56. The van der Waals surface area contributed by atoms with Gasteiger partial charge in [0.1, 0.15) is 0 Å². The maximum Gasteiger partial charge on any atom is 0.0687 e. The van der Waals surface area contributed by atoms with Gasteiger partial charge < -0.3 is 5.11 Å². The molecule has 2 fully saturated rings. The second-order valence-electron chi connectivity index (χ2n) is 5.48. The van der Waals surface area contributed by atoms with Gasteiger partial charge in [-0.1, -0.05) is 37.3 Å². The molecule has 2 aliphatic carbocycles. The smallest absolute Gasteiger partial charge is 0.0687 e. The fourth-order valence-electron chi connectivity index (χ4n) is 3.31. The van der Waals surface area contributed by atoms with E-state index in [1.807, 2.05) is 0 Å². The minimum Gasteiger partial charge on any atom is -0.390 e. The number of aliphatic hydroxyl groups is 1. The molecule has 15 heavy (non-hydrogen) atoms. The molecule has 0 amide bonds. The highest BCUT2D eigenvalue weighted by molar-refractivity contribution is 5.28. The third-order valence-electron chi connectivity index (χ3n) is 4.11. The van der Waals surface area contributed by atoms with Crippen molar-refractivity contribution in [3.8, 4) is 0 Å². The van der Waals surface area contributed by atoms with Crippen LogP contribution in [0.2, 0.25) is 0 Å². The Morgan fingerprint density at radius 1 is 1.20 bits per heavy atom. The van der Waals surface area contributed by atoms with Gasteiger partial charge in [-0.25, -0.2) is 0 Å². The first kappa shape index (κ1) is 9.41. The average molecular weight is 202 g/mol.